The molecule has 0 saturated carbocycles. The van der Waals surface area contributed by atoms with Gasteiger partial charge in [0.1, 0.15) is 12.4 Å². The fourth-order valence-corrected chi connectivity index (χ4v) is 2.44. The molecule has 2 aromatic rings. The van der Waals surface area contributed by atoms with E-state index in [0.29, 0.717) is 24.4 Å². The third-order valence-electron chi connectivity index (χ3n) is 3.91. The van der Waals surface area contributed by atoms with E-state index in [9.17, 15) is 9.59 Å². The first kappa shape index (κ1) is 18.6. The summed E-state index contributed by atoms with van der Waals surface area (Å²) in [6, 6.07) is 11.1. The molecule has 6 nitrogen and oxygen atoms in total. The number of rotatable bonds is 8. The first-order valence-electron chi connectivity index (χ1n) is 8.34. The molecule has 1 aromatic heterocycles. The van der Waals surface area contributed by atoms with Gasteiger partial charge >= 0.3 is 0 Å². The zero-order chi connectivity index (χ0) is 18.2. The van der Waals surface area contributed by atoms with Gasteiger partial charge in [-0.05, 0) is 32.0 Å². The Morgan fingerprint density at radius 3 is 2.40 bits per heavy atom. The van der Waals surface area contributed by atoms with Gasteiger partial charge in [0.2, 0.25) is 5.91 Å². The van der Waals surface area contributed by atoms with Crippen molar-refractivity contribution in [3.63, 3.8) is 0 Å². The number of hydrogen-bond donors (Lipinski definition) is 0. The Labute approximate surface area is 148 Å². The van der Waals surface area contributed by atoms with Gasteiger partial charge in [0.25, 0.3) is 5.91 Å². The highest BCUT2D eigenvalue weighted by Gasteiger charge is 2.23. The number of nitrogens with zero attached hydrogens (tertiary/aromatic N) is 2. The Balaban J connectivity index is 2.00. The maximum atomic E-state index is 12.6. The summed E-state index contributed by atoms with van der Waals surface area (Å²) in [4.78, 5) is 27.8. The van der Waals surface area contributed by atoms with E-state index in [4.69, 9.17) is 9.15 Å². The lowest BCUT2D eigenvalue weighted by molar-refractivity contribution is -0.131. The molecule has 0 aliphatic rings. The van der Waals surface area contributed by atoms with Crippen LogP contribution in [0.15, 0.2) is 47.1 Å². The van der Waals surface area contributed by atoms with E-state index in [2.05, 4.69) is 0 Å². The summed E-state index contributed by atoms with van der Waals surface area (Å²) < 4.78 is 11.0. The van der Waals surface area contributed by atoms with Crippen molar-refractivity contribution in [3.05, 3.63) is 54.0 Å². The van der Waals surface area contributed by atoms with Crippen LogP contribution in [0.4, 0.5) is 0 Å². The second-order valence-electron chi connectivity index (χ2n) is 5.60. The van der Waals surface area contributed by atoms with Crippen LogP contribution in [0.1, 0.15) is 30.0 Å². The van der Waals surface area contributed by atoms with Gasteiger partial charge in [-0.25, -0.2) is 0 Å². The molecular weight excluding hydrogens is 320 g/mol. The van der Waals surface area contributed by atoms with Crippen molar-refractivity contribution in [1.82, 2.24) is 9.80 Å². The fraction of sp³-hybridized carbons (Fsp3) is 0.368. The molecule has 0 atom stereocenters. The largest absolute Gasteiger partial charge is 0.489 e. The maximum absolute atomic E-state index is 12.6. The van der Waals surface area contributed by atoms with Crippen molar-refractivity contribution in [2.75, 3.05) is 26.7 Å². The number of furan rings is 1. The lowest BCUT2D eigenvalue weighted by atomic mass is 10.2. The van der Waals surface area contributed by atoms with Gasteiger partial charge in [0.05, 0.1) is 12.8 Å². The fourth-order valence-electron chi connectivity index (χ4n) is 2.44. The van der Waals surface area contributed by atoms with Gasteiger partial charge in [-0.2, -0.15) is 0 Å². The van der Waals surface area contributed by atoms with E-state index < -0.39 is 0 Å². The Kier molecular flexibility index (Phi) is 6.62. The maximum Gasteiger partial charge on any atom is 0.290 e. The van der Waals surface area contributed by atoms with E-state index in [1.165, 1.54) is 11.2 Å². The van der Waals surface area contributed by atoms with Crippen LogP contribution in [0, 0.1) is 0 Å². The molecule has 0 unspecified atom stereocenters. The molecule has 2 rings (SSSR count). The molecule has 0 radical (unpaired) electrons. The predicted octanol–water partition coefficient (Wildman–Crippen LogP) is 2.80. The summed E-state index contributed by atoms with van der Waals surface area (Å²) in [5, 5.41) is 0. The third-order valence-corrected chi connectivity index (χ3v) is 3.91. The van der Waals surface area contributed by atoms with Crippen molar-refractivity contribution in [2.24, 2.45) is 0 Å². The molecule has 0 N–H and O–H groups in total. The summed E-state index contributed by atoms with van der Waals surface area (Å²) in [5.74, 6) is 0.490. The highest BCUT2D eigenvalue weighted by Crippen LogP contribution is 2.17. The lowest BCUT2D eigenvalue weighted by Crippen LogP contribution is -2.41. The molecule has 6 heteroatoms. The van der Waals surface area contributed by atoms with Crippen LogP contribution >= 0.6 is 0 Å². The second-order valence-corrected chi connectivity index (χ2v) is 5.60. The lowest BCUT2D eigenvalue weighted by Gasteiger charge is -2.22. The molecule has 0 saturated heterocycles. The van der Waals surface area contributed by atoms with E-state index in [-0.39, 0.29) is 30.7 Å². The molecule has 0 bridgehead atoms. The van der Waals surface area contributed by atoms with Crippen molar-refractivity contribution < 1.29 is 18.7 Å². The van der Waals surface area contributed by atoms with E-state index >= 15 is 0 Å². The smallest absolute Gasteiger partial charge is 0.290 e. The predicted molar refractivity (Wildman–Crippen MR) is 94.4 cm³/mol. The van der Waals surface area contributed by atoms with E-state index in [0.717, 1.165) is 0 Å². The van der Waals surface area contributed by atoms with E-state index in [1.807, 2.05) is 44.2 Å². The van der Waals surface area contributed by atoms with Gasteiger partial charge in [-0.1, -0.05) is 18.2 Å². The van der Waals surface area contributed by atoms with Crippen LogP contribution in [-0.2, 0) is 11.4 Å². The van der Waals surface area contributed by atoms with Crippen LogP contribution < -0.4 is 4.74 Å². The number of para-hydroxylation sites is 1. The molecule has 1 aromatic carbocycles. The Morgan fingerprint density at radius 1 is 1.08 bits per heavy atom. The van der Waals surface area contributed by atoms with Crippen LogP contribution in [0.5, 0.6) is 5.75 Å². The van der Waals surface area contributed by atoms with E-state index in [1.54, 1.807) is 18.0 Å². The summed E-state index contributed by atoms with van der Waals surface area (Å²) in [6.45, 7) is 5.30. The zero-order valence-corrected chi connectivity index (χ0v) is 14.9. The van der Waals surface area contributed by atoms with Crippen molar-refractivity contribution in [1.29, 1.82) is 0 Å². The van der Waals surface area contributed by atoms with Crippen LogP contribution in [0.2, 0.25) is 0 Å². The van der Waals surface area contributed by atoms with Crippen LogP contribution in [0.25, 0.3) is 0 Å². The quantitative estimate of drug-likeness (QED) is 0.739. The molecular formula is C19H24N2O4. The minimum atomic E-state index is -0.336. The number of ether oxygens (including phenoxy) is 1. The average molecular weight is 344 g/mol. The molecule has 134 valence electrons. The van der Waals surface area contributed by atoms with Gasteiger partial charge in [0.15, 0.2) is 5.76 Å². The van der Waals surface area contributed by atoms with Crippen molar-refractivity contribution in [2.45, 2.75) is 20.5 Å². The zero-order valence-electron chi connectivity index (χ0n) is 14.9. The summed E-state index contributed by atoms with van der Waals surface area (Å²) in [6.07, 6.45) is 1.46. The standard InChI is InChI=1S/C19H24N2O4/c1-4-21(5-2)17(22)13-20(3)19(23)18-15(11-12-24-18)14-25-16-9-7-6-8-10-16/h6-12H,4-5,13-14H2,1-3H3. The molecule has 0 spiro atoms. The summed E-state index contributed by atoms with van der Waals surface area (Å²) in [7, 11) is 1.59. The second kappa shape index (κ2) is 8.92. The van der Waals surface area contributed by atoms with Crippen LogP contribution in [0.3, 0.4) is 0 Å². The van der Waals surface area contributed by atoms with Gasteiger partial charge in [-0.3, -0.25) is 9.59 Å². The SMILES string of the molecule is CCN(CC)C(=O)CN(C)C(=O)c1occc1COc1ccccc1. The average Bonchev–Trinajstić information content (AvgIpc) is 3.09. The van der Waals surface area contributed by atoms with Crippen molar-refractivity contribution >= 4 is 11.8 Å². The van der Waals surface area contributed by atoms with Crippen molar-refractivity contribution in [3.8, 4) is 5.75 Å². The molecule has 25 heavy (non-hydrogen) atoms. The Bertz CT molecular complexity index is 692. The number of amides is 2. The number of benzene rings is 1. The highest BCUT2D eigenvalue weighted by atomic mass is 16.5. The number of carbonyl (C=O) groups is 2. The third kappa shape index (κ3) is 4.86. The number of hydrogen-bond acceptors (Lipinski definition) is 4. The minimum absolute atomic E-state index is 0.0141. The first-order valence-corrected chi connectivity index (χ1v) is 8.34. The molecule has 1 heterocycles. The molecule has 0 aliphatic heterocycles. The summed E-state index contributed by atoms with van der Waals surface area (Å²) in [5.41, 5.74) is 0.649. The monoisotopic (exact) mass is 344 g/mol. The normalized spacial score (nSPS) is 10.4. The van der Waals surface area contributed by atoms with Gasteiger partial charge in [0, 0.05) is 25.7 Å². The molecule has 0 fully saturated rings. The molecule has 0 aliphatic carbocycles. The van der Waals surface area contributed by atoms with Gasteiger partial charge < -0.3 is 19.0 Å². The van der Waals surface area contributed by atoms with Crippen LogP contribution in [-0.4, -0.2) is 48.3 Å². The van der Waals surface area contributed by atoms with Gasteiger partial charge in [-0.15, -0.1) is 0 Å². The molecule has 2 amide bonds. The number of likely N-dealkylation sites (N-methyl/N-ethyl adjacent to an activating group) is 2. The minimum Gasteiger partial charge on any atom is -0.489 e. The summed E-state index contributed by atoms with van der Waals surface area (Å²) >= 11 is 0. The first-order chi connectivity index (χ1) is 12.1. The Hall–Kier alpha value is -2.76. The Morgan fingerprint density at radius 2 is 1.76 bits per heavy atom. The number of carbonyl (C=O) groups excluding carboxylic acids is 2. The highest BCUT2D eigenvalue weighted by molar-refractivity contribution is 5.95. The topological polar surface area (TPSA) is 63.0 Å².